The zero-order valence-corrected chi connectivity index (χ0v) is 18.4. The molecule has 33 heavy (non-hydrogen) atoms. The summed E-state index contributed by atoms with van der Waals surface area (Å²) in [6.07, 6.45) is 0. The molecule has 0 spiro atoms. The Bertz CT molecular complexity index is 1330. The fourth-order valence-electron chi connectivity index (χ4n) is 4.18. The van der Waals surface area contributed by atoms with Gasteiger partial charge in [0, 0.05) is 8.41 Å². The van der Waals surface area contributed by atoms with Crippen LogP contribution in [0.3, 0.4) is 0 Å². The van der Waals surface area contributed by atoms with Gasteiger partial charge in [0.25, 0.3) is 0 Å². The van der Waals surface area contributed by atoms with Crippen LogP contribution in [0.5, 0.6) is 0 Å². The maximum absolute atomic E-state index is 2.21. The van der Waals surface area contributed by atoms with Gasteiger partial charge in [0.05, 0.1) is 0 Å². The fourth-order valence-corrected chi connectivity index (χ4v) is 4.18. The van der Waals surface area contributed by atoms with Crippen molar-refractivity contribution in [2.45, 2.75) is 0 Å². The van der Waals surface area contributed by atoms with E-state index in [2.05, 4.69) is 133 Å². The molecule has 1 heteroatoms. The Labute approximate surface area is 197 Å². The molecular formula is C32H24B. The Kier molecular flexibility index (Phi) is 7.02. The Balaban J connectivity index is 0.000000172. The highest BCUT2D eigenvalue weighted by atomic mass is 14.1. The fraction of sp³-hybridized carbons (Fsp3) is 0. The second-order valence-corrected chi connectivity index (χ2v) is 7.79. The van der Waals surface area contributed by atoms with Crippen LogP contribution in [0.4, 0.5) is 0 Å². The van der Waals surface area contributed by atoms with Gasteiger partial charge < -0.3 is 0 Å². The van der Waals surface area contributed by atoms with Crippen LogP contribution in [0.1, 0.15) is 0 Å². The first-order valence-corrected chi connectivity index (χ1v) is 11.0. The molecule has 155 valence electrons. The lowest BCUT2D eigenvalue weighted by Gasteiger charge is -2.10. The van der Waals surface area contributed by atoms with Crippen LogP contribution in [0.25, 0.3) is 43.8 Å². The molecule has 0 aliphatic heterocycles. The molecule has 0 heterocycles. The van der Waals surface area contributed by atoms with E-state index >= 15 is 0 Å². The highest BCUT2D eigenvalue weighted by Gasteiger charge is 2.06. The Morgan fingerprint density at radius 2 is 0.606 bits per heavy atom. The molecule has 0 fully saturated rings. The van der Waals surface area contributed by atoms with E-state index in [-0.39, 0.29) is 8.41 Å². The highest BCUT2D eigenvalue weighted by molar-refractivity contribution is 6.05. The van der Waals surface area contributed by atoms with Gasteiger partial charge in [-0.25, -0.2) is 0 Å². The molecule has 0 aliphatic carbocycles. The van der Waals surface area contributed by atoms with Gasteiger partial charge >= 0.3 is 0 Å². The van der Waals surface area contributed by atoms with Crippen LogP contribution in [0, 0.1) is 0 Å². The van der Waals surface area contributed by atoms with Crippen molar-refractivity contribution in [1.29, 1.82) is 0 Å². The SMILES string of the molecule is [B].c1ccc(-c2ccccc2)cc1.c1ccc2c(-c3cccc4ccccc34)cccc2c1. The monoisotopic (exact) mass is 419 g/mol. The molecule has 3 radical (unpaired) electrons. The summed E-state index contributed by atoms with van der Waals surface area (Å²) in [5.74, 6) is 0. The van der Waals surface area contributed by atoms with Gasteiger partial charge in [0.1, 0.15) is 0 Å². The summed E-state index contributed by atoms with van der Waals surface area (Å²) in [4.78, 5) is 0. The lowest BCUT2D eigenvalue weighted by atomic mass is 9.94. The molecule has 6 aromatic rings. The predicted molar refractivity (Wildman–Crippen MR) is 145 cm³/mol. The van der Waals surface area contributed by atoms with E-state index in [0.29, 0.717) is 0 Å². The van der Waals surface area contributed by atoms with Crippen molar-refractivity contribution in [3.8, 4) is 22.3 Å². The average molecular weight is 419 g/mol. The van der Waals surface area contributed by atoms with Gasteiger partial charge in [-0.05, 0) is 43.8 Å². The third kappa shape index (κ3) is 4.89. The minimum atomic E-state index is 0. The van der Waals surface area contributed by atoms with Crippen molar-refractivity contribution in [2.24, 2.45) is 0 Å². The van der Waals surface area contributed by atoms with Crippen molar-refractivity contribution >= 4 is 30.0 Å². The molecule has 0 saturated carbocycles. The quantitative estimate of drug-likeness (QED) is 0.246. The van der Waals surface area contributed by atoms with Crippen LogP contribution >= 0.6 is 0 Å². The van der Waals surface area contributed by atoms with Gasteiger partial charge in [-0.2, -0.15) is 0 Å². The summed E-state index contributed by atoms with van der Waals surface area (Å²) in [5.41, 5.74) is 5.16. The van der Waals surface area contributed by atoms with Crippen molar-refractivity contribution in [2.75, 3.05) is 0 Å². The number of fused-ring (bicyclic) bond motifs is 2. The van der Waals surface area contributed by atoms with Crippen LogP contribution < -0.4 is 0 Å². The second-order valence-electron chi connectivity index (χ2n) is 7.79. The Hall–Kier alpha value is -4.10. The summed E-state index contributed by atoms with van der Waals surface area (Å²) in [5, 5.41) is 5.20. The summed E-state index contributed by atoms with van der Waals surface area (Å²) >= 11 is 0. The molecule has 0 atom stereocenters. The molecule has 6 rings (SSSR count). The molecule has 0 aromatic heterocycles. The van der Waals surface area contributed by atoms with Crippen LogP contribution in [-0.4, -0.2) is 8.41 Å². The lowest BCUT2D eigenvalue weighted by molar-refractivity contribution is 1.62. The first-order chi connectivity index (χ1) is 15.9. The third-order valence-corrected chi connectivity index (χ3v) is 5.75. The molecule has 0 unspecified atom stereocenters. The molecule has 0 saturated heterocycles. The van der Waals surface area contributed by atoms with E-state index in [1.807, 2.05) is 12.1 Å². The van der Waals surface area contributed by atoms with Crippen molar-refractivity contribution in [1.82, 2.24) is 0 Å². The zero-order valence-electron chi connectivity index (χ0n) is 18.4. The normalized spacial score (nSPS) is 10.2. The van der Waals surface area contributed by atoms with Crippen LogP contribution in [0.15, 0.2) is 146 Å². The maximum atomic E-state index is 2.21. The van der Waals surface area contributed by atoms with E-state index in [1.54, 1.807) is 0 Å². The minimum absolute atomic E-state index is 0. The molecule has 0 aliphatic rings. The van der Waals surface area contributed by atoms with Gasteiger partial charge in [-0.1, -0.05) is 146 Å². The number of benzene rings is 6. The smallest absolute Gasteiger partial charge is 0 e. The molecule has 0 bridgehead atoms. The number of rotatable bonds is 2. The van der Waals surface area contributed by atoms with E-state index in [4.69, 9.17) is 0 Å². The Morgan fingerprint density at radius 1 is 0.273 bits per heavy atom. The summed E-state index contributed by atoms with van der Waals surface area (Å²) in [6, 6.07) is 51.0. The number of hydrogen-bond donors (Lipinski definition) is 0. The third-order valence-electron chi connectivity index (χ3n) is 5.75. The molecular weight excluding hydrogens is 395 g/mol. The van der Waals surface area contributed by atoms with Crippen LogP contribution in [0.2, 0.25) is 0 Å². The van der Waals surface area contributed by atoms with Gasteiger partial charge in [0.2, 0.25) is 0 Å². The van der Waals surface area contributed by atoms with Crippen LogP contribution in [-0.2, 0) is 0 Å². The van der Waals surface area contributed by atoms with E-state index in [1.165, 1.54) is 43.8 Å². The largest absolute Gasteiger partial charge is 0.0622 e. The Morgan fingerprint density at radius 3 is 1.03 bits per heavy atom. The van der Waals surface area contributed by atoms with Crippen molar-refractivity contribution in [3.05, 3.63) is 146 Å². The first kappa shape index (κ1) is 22.1. The molecule has 0 N–H and O–H groups in total. The van der Waals surface area contributed by atoms with Gasteiger partial charge in [-0.15, -0.1) is 0 Å². The lowest BCUT2D eigenvalue weighted by Crippen LogP contribution is -1.83. The summed E-state index contributed by atoms with van der Waals surface area (Å²) in [6.45, 7) is 0. The highest BCUT2D eigenvalue weighted by Crippen LogP contribution is 2.33. The predicted octanol–water partition coefficient (Wildman–Crippen LogP) is 8.63. The number of hydrogen-bond acceptors (Lipinski definition) is 0. The summed E-state index contributed by atoms with van der Waals surface area (Å²) in [7, 11) is 0. The molecule has 0 nitrogen and oxygen atoms in total. The molecule has 6 aromatic carbocycles. The molecule has 0 amide bonds. The second kappa shape index (κ2) is 10.5. The van der Waals surface area contributed by atoms with Gasteiger partial charge in [0.15, 0.2) is 0 Å². The van der Waals surface area contributed by atoms with E-state index < -0.39 is 0 Å². The van der Waals surface area contributed by atoms with E-state index in [0.717, 1.165) is 0 Å². The maximum Gasteiger partial charge on any atom is 0 e. The standard InChI is InChI=1S/C20H14.C12H10.B/c1-3-11-17-15(7-1)9-5-13-19(17)20-14-6-10-16-8-2-4-12-18(16)20;1-3-7-11(8-4-1)12-9-5-2-6-10-12;/h1-14H;1-10H;. The minimum Gasteiger partial charge on any atom is -0.0622 e. The summed E-state index contributed by atoms with van der Waals surface area (Å²) < 4.78 is 0. The first-order valence-electron chi connectivity index (χ1n) is 11.0. The average Bonchev–Trinajstić information content (AvgIpc) is 2.89. The van der Waals surface area contributed by atoms with Crippen molar-refractivity contribution in [3.63, 3.8) is 0 Å². The zero-order chi connectivity index (χ0) is 21.6. The van der Waals surface area contributed by atoms with E-state index in [9.17, 15) is 0 Å². The van der Waals surface area contributed by atoms with Crippen molar-refractivity contribution < 1.29 is 0 Å². The topological polar surface area (TPSA) is 0 Å². The van der Waals surface area contributed by atoms with Gasteiger partial charge in [-0.3, -0.25) is 0 Å².